The van der Waals surface area contributed by atoms with Crippen LogP contribution in [0.2, 0.25) is 5.02 Å². The quantitative estimate of drug-likeness (QED) is 0.477. The molecule has 6 heteroatoms. The number of ether oxygens (including phenoxy) is 1. The van der Waals surface area contributed by atoms with Gasteiger partial charge in [0.25, 0.3) is 0 Å². The van der Waals surface area contributed by atoms with E-state index >= 15 is 0 Å². The van der Waals surface area contributed by atoms with Crippen molar-refractivity contribution in [3.8, 4) is 0 Å². The van der Waals surface area contributed by atoms with Crippen LogP contribution in [0, 0.1) is 22.2 Å². The Morgan fingerprint density at radius 2 is 2.00 bits per heavy atom. The largest absolute Gasteiger partial charge is 0.481 e. The summed E-state index contributed by atoms with van der Waals surface area (Å²) in [7, 11) is 1.69. The number of carboxylic acid groups (broad SMARTS) is 1. The van der Waals surface area contributed by atoms with E-state index < -0.39 is 16.8 Å². The zero-order valence-corrected chi connectivity index (χ0v) is 22.4. The molecule has 0 radical (unpaired) electrons. The Morgan fingerprint density at radius 3 is 2.60 bits per heavy atom. The summed E-state index contributed by atoms with van der Waals surface area (Å²) in [6.45, 7) is 9.40. The molecule has 0 saturated heterocycles. The average molecular weight is 500 g/mol. The predicted molar refractivity (Wildman–Crippen MR) is 136 cm³/mol. The number of halogens is 1. The van der Waals surface area contributed by atoms with E-state index in [4.69, 9.17) is 16.3 Å². The van der Waals surface area contributed by atoms with Crippen molar-refractivity contribution in [1.82, 2.24) is 4.90 Å². The molecule has 1 amide bonds. The first-order valence-electron chi connectivity index (χ1n) is 12.9. The van der Waals surface area contributed by atoms with Crippen molar-refractivity contribution in [1.29, 1.82) is 0 Å². The lowest BCUT2D eigenvalue weighted by molar-refractivity contribution is -0.145. The summed E-state index contributed by atoms with van der Waals surface area (Å²) in [5, 5.41) is 10.6. The van der Waals surface area contributed by atoms with Crippen LogP contribution in [0.1, 0.15) is 77.3 Å². The van der Waals surface area contributed by atoms with Gasteiger partial charge in [0, 0.05) is 42.8 Å². The van der Waals surface area contributed by atoms with E-state index in [2.05, 4.69) is 39.8 Å². The number of aliphatic carboxylic acids is 1. The standard InChI is InChI=1S/C29H38ClNO4/c1-26(2,3)10-8-18-6-7-19(12-22(18)30)27(4)15-24(32)31(16-20(27)9-11-35-5)23-14-29(25(33)34)17-28(29)13-21(23)28/h6-7,12,16,21,23H,8-11,13-15,17H2,1-5H3,(H,33,34)/t21?,23?,27-,28?,29?/m0/s1. The second-order valence-electron chi connectivity index (χ2n) is 12.9. The van der Waals surface area contributed by atoms with Crippen molar-refractivity contribution < 1.29 is 19.4 Å². The Kier molecular flexibility index (Phi) is 5.73. The Balaban J connectivity index is 1.43. The number of hydrogen-bond donors (Lipinski definition) is 1. The van der Waals surface area contributed by atoms with E-state index in [1.165, 1.54) is 0 Å². The Labute approximate surface area is 213 Å². The van der Waals surface area contributed by atoms with E-state index in [-0.39, 0.29) is 22.8 Å². The molecule has 0 bridgehead atoms. The minimum atomic E-state index is -0.679. The van der Waals surface area contributed by atoms with Gasteiger partial charge in [0.05, 0.1) is 5.41 Å². The maximum atomic E-state index is 13.6. The van der Waals surface area contributed by atoms with Gasteiger partial charge in [-0.2, -0.15) is 0 Å². The number of hydrogen-bond acceptors (Lipinski definition) is 3. The van der Waals surface area contributed by atoms with E-state index in [1.807, 2.05) is 17.2 Å². The third kappa shape index (κ3) is 3.85. The molecule has 5 nitrogen and oxygen atoms in total. The first-order valence-corrected chi connectivity index (χ1v) is 13.3. The molecule has 1 heterocycles. The number of benzene rings is 1. The molecule has 5 atom stereocenters. The summed E-state index contributed by atoms with van der Waals surface area (Å²) in [5.74, 6) is -0.277. The van der Waals surface area contributed by atoms with Crippen LogP contribution >= 0.6 is 11.6 Å². The highest BCUT2D eigenvalue weighted by Crippen LogP contribution is 2.89. The molecule has 3 saturated carbocycles. The van der Waals surface area contributed by atoms with Crippen LogP contribution in [0.3, 0.4) is 0 Å². The van der Waals surface area contributed by atoms with Gasteiger partial charge in [0.15, 0.2) is 0 Å². The molecule has 190 valence electrons. The lowest BCUT2D eigenvalue weighted by Gasteiger charge is -2.42. The molecule has 3 aliphatic carbocycles. The van der Waals surface area contributed by atoms with Crippen molar-refractivity contribution in [2.24, 2.45) is 22.2 Å². The Hall–Kier alpha value is -1.85. The lowest BCUT2D eigenvalue weighted by atomic mass is 9.70. The minimum absolute atomic E-state index is 0.00203. The average Bonchev–Trinajstić information content (AvgIpc) is 3.65. The number of amides is 1. The SMILES string of the molecule is COCCC1=CN(C2CC3(C(=O)O)CC34CC24)C(=O)C[C@@]1(C)c1ccc(CCC(C)(C)C)c(Cl)c1. The molecule has 1 aliphatic heterocycles. The molecule has 4 unspecified atom stereocenters. The second-order valence-corrected chi connectivity index (χ2v) is 13.3. The zero-order valence-electron chi connectivity index (χ0n) is 21.6. The first kappa shape index (κ1) is 24.8. The van der Waals surface area contributed by atoms with Gasteiger partial charge < -0.3 is 14.7 Å². The fraction of sp³-hybridized carbons (Fsp3) is 0.655. The molecule has 1 aromatic carbocycles. The zero-order chi connectivity index (χ0) is 25.4. The van der Waals surface area contributed by atoms with Crippen LogP contribution in [0.4, 0.5) is 0 Å². The second kappa shape index (κ2) is 8.08. The van der Waals surface area contributed by atoms with E-state index in [0.717, 1.165) is 47.4 Å². The number of rotatable bonds is 8. The lowest BCUT2D eigenvalue weighted by Crippen LogP contribution is -2.46. The number of aryl methyl sites for hydroxylation is 1. The van der Waals surface area contributed by atoms with Crippen LogP contribution in [0.5, 0.6) is 0 Å². The van der Waals surface area contributed by atoms with Crippen molar-refractivity contribution in [3.63, 3.8) is 0 Å². The Bertz CT molecular complexity index is 1110. The van der Waals surface area contributed by atoms with Crippen LogP contribution < -0.4 is 0 Å². The highest BCUT2D eigenvalue weighted by atomic mass is 35.5. The third-order valence-electron chi connectivity index (χ3n) is 9.57. The van der Waals surface area contributed by atoms with Crippen molar-refractivity contribution in [2.45, 2.75) is 84.1 Å². The van der Waals surface area contributed by atoms with Crippen molar-refractivity contribution >= 4 is 23.5 Å². The summed E-state index contributed by atoms with van der Waals surface area (Å²) in [6, 6.07) is 6.29. The van der Waals surface area contributed by atoms with Gasteiger partial charge in [-0.05, 0) is 78.0 Å². The van der Waals surface area contributed by atoms with Gasteiger partial charge in [-0.15, -0.1) is 0 Å². The van der Waals surface area contributed by atoms with Gasteiger partial charge >= 0.3 is 5.97 Å². The molecular formula is C29H38ClNO4. The van der Waals surface area contributed by atoms with Crippen molar-refractivity contribution in [3.05, 3.63) is 46.1 Å². The van der Waals surface area contributed by atoms with Crippen LogP contribution in [-0.4, -0.2) is 41.6 Å². The monoisotopic (exact) mass is 499 g/mol. The fourth-order valence-corrected chi connectivity index (χ4v) is 7.42. The van der Waals surface area contributed by atoms with Gasteiger partial charge in [0.1, 0.15) is 0 Å². The molecule has 3 fully saturated rings. The molecule has 4 aliphatic rings. The Morgan fingerprint density at radius 1 is 1.26 bits per heavy atom. The first-order chi connectivity index (χ1) is 16.4. The van der Waals surface area contributed by atoms with Crippen LogP contribution in [0.25, 0.3) is 0 Å². The highest BCUT2D eigenvalue weighted by Gasteiger charge is 2.89. The van der Waals surface area contributed by atoms with Gasteiger partial charge in [-0.25, -0.2) is 0 Å². The maximum absolute atomic E-state index is 13.6. The van der Waals surface area contributed by atoms with Crippen LogP contribution in [-0.2, 0) is 26.2 Å². The normalized spacial score (nSPS) is 35.4. The number of carboxylic acids is 1. The molecule has 1 N–H and O–H groups in total. The summed E-state index contributed by atoms with van der Waals surface area (Å²) >= 11 is 6.75. The molecule has 35 heavy (non-hydrogen) atoms. The van der Waals surface area contributed by atoms with Crippen molar-refractivity contribution in [2.75, 3.05) is 13.7 Å². The minimum Gasteiger partial charge on any atom is -0.481 e. The summed E-state index contributed by atoms with van der Waals surface area (Å²) in [6.07, 6.45) is 7.39. The summed E-state index contributed by atoms with van der Waals surface area (Å²) in [4.78, 5) is 27.5. The number of nitrogens with zero attached hydrogens (tertiary/aromatic N) is 1. The fourth-order valence-electron chi connectivity index (χ4n) is 7.14. The van der Waals surface area contributed by atoms with E-state index in [1.54, 1.807) is 7.11 Å². The number of methoxy groups -OCH3 is 1. The molecular weight excluding hydrogens is 462 g/mol. The predicted octanol–water partition coefficient (Wildman–Crippen LogP) is 5.98. The summed E-state index contributed by atoms with van der Waals surface area (Å²) in [5.41, 5.74) is 2.48. The topological polar surface area (TPSA) is 66.8 Å². The summed E-state index contributed by atoms with van der Waals surface area (Å²) < 4.78 is 5.42. The molecule has 1 aromatic rings. The van der Waals surface area contributed by atoms with Gasteiger partial charge in [-0.1, -0.05) is 51.4 Å². The van der Waals surface area contributed by atoms with E-state index in [9.17, 15) is 14.7 Å². The molecule has 1 spiro atoms. The number of carbonyl (C=O) groups excluding carboxylic acids is 1. The molecule has 5 rings (SSSR count). The molecule has 0 aromatic heterocycles. The third-order valence-corrected chi connectivity index (χ3v) is 9.93. The van der Waals surface area contributed by atoms with Gasteiger partial charge in [0.2, 0.25) is 5.91 Å². The maximum Gasteiger partial charge on any atom is 0.310 e. The number of carbonyl (C=O) groups is 2. The van der Waals surface area contributed by atoms with E-state index in [0.29, 0.717) is 31.8 Å². The highest BCUT2D eigenvalue weighted by molar-refractivity contribution is 6.31. The van der Waals surface area contributed by atoms with Crippen LogP contribution in [0.15, 0.2) is 30.0 Å². The van der Waals surface area contributed by atoms with Gasteiger partial charge in [-0.3, -0.25) is 9.59 Å². The smallest absolute Gasteiger partial charge is 0.310 e.